The predicted octanol–water partition coefficient (Wildman–Crippen LogP) is 1.80. The number of aliphatic carboxylic acids is 1. The van der Waals surface area contributed by atoms with Crippen LogP contribution in [0.5, 0.6) is 0 Å². The van der Waals surface area contributed by atoms with E-state index in [4.69, 9.17) is 5.11 Å². The second kappa shape index (κ2) is 5.24. The summed E-state index contributed by atoms with van der Waals surface area (Å²) in [5.74, 6) is -2.48. The van der Waals surface area contributed by atoms with Gasteiger partial charge in [-0.05, 0) is 30.5 Å². The van der Waals surface area contributed by atoms with Gasteiger partial charge in [-0.15, -0.1) is 0 Å². The Hall–Kier alpha value is -1.71. The average Bonchev–Trinajstić information content (AvgIpc) is 2.20. The topological polar surface area (TPSA) is 54.4 Å². The lowest BCUT2D eigenvalue weighted by atomic mass is 10.1. The van der Waals surface area contributed by atoms with Crippen LogP contribution in [0.2, 0.25) is 0 Å². The van der Waals surface area contributed by atoms with Crippen LogP contribution < -0.4 is 0 Å². The van der Waals surface area contributed by atoms with Crippen LogP contribution in [0, 0.1) is 5.82 Å². The number of halogens is 1. The SMILES string of the molecule is O=C(O)C(=O)CCCc1ccc(F)cc1. The molecule has 1 N–H and O–H groups in total. The van der Waals surface area contributed by atoms with Crippen LogP contribution in [-0.4, -0.2) is 16.9 Å². The van der Waals surface area contributed by atoms with E-state index in [0.717, 1.165) is 5.56 Å². The largest absolute Gasteiger partial charge is 0.476 e. The van der Waals surface area contributed by atoms with E-state index in [-0.39, 0.29) is 12.2 Å². The van der Waals surface area contributed by atoms with E-state index in [1.165, 1.54) is 12.1 Å². The van der Waals surface area contributed by atoms with E-state index in [0.29, 0.717) is 12.8 Å². The molecule has 0 unspecified atom stereocenters. The first-order valence-corrected chi connectivity index (χ1v) is 4.60. The smallest absolute Gasteiger partial charge is 0.372 e. The Labute approximate surface area is 86.5 Å². The Morgan fingerprint density at radius 1 is 1.20 bits per heavy atom. The van der Waals surface area contributed by atoms with Crippen molar-refractivity contribution in [1.29, 1.82) is 0 Å². The van der Waals surface area contributed by atoms with Gasteiger partial charge in [0.15, 0.2) is 0 Å². The number of rotatable bonds is 5. The second-order valence-corrected chi connectivity index (χ2v) is 3.21. The lowest BCUT2D eigenvalue weighted by Gasteiger charge is -1.99. The van der Waals surface area contributed by atoms with Gasteiger partial charge in [-0.2, -0.15) is 0 Å². The summed E-state index contributed by atoms with van der Waals surface area (Å²) in [4.78, 5) is 20.9. The highest BCUT2D eigenvalue weighted by atomic mass is 19.1. The molecule has 4 heteroatoms. The quantitative estimate of drug-likeness (QED) is 0.754. The fourth-order valence-corrected chi connectivity index (χ4v) is 1.21. The first kappa shape index (κ1) is 11.4. The fraction of sp³-hybridized carbons (Fsp3) is 0.273. The molecule has 15 heavy (non-hydrogen) atoms. The third kappa shape index (κ3) is 3.89. The first-order chi connectivity index (χ1) is 7.09. The van der Waals surface area contributed by atoms with Gasteiger partial charge in [-0.25, -0.2) is 9.18 Å². The molecule has 0 atom stereocenters. The van der Waals surface area contributed by atoms with Crippen molar-refractivity contribution in [2.45, 2.75) is 19.3 Å². The van der Waals surface area contributed by atoms with E-state index in [1.807, 2.05) is 0 Å². The van der Waals surface area contributed by atoms with E-state index < -0.39 is 11.8 Å². The van der Waals surface area contributed by atoms with Crippen molar-refractivity contribution in [3.8, 4) is 0 Å². The van der Waals surface area contributed by atoms with Gasteiger partial charge in [0.2, 0.25) is 5.78 Å². The lowest BCUT2D eigenvalue weighted by Crippen LogP contribution is -2.12. The Balaban J connectivity index is 2.35. The molecule has 0 bridgehead atoms. The van der Waals surface area contributed by atoms with Crippen molar-refractivity contribution in [3.05, 3.63) is 35.6 Å². The summed E-state index contributed by atoms with van der Waals surface area (Å²) in [7, 11) is 0. The van der Waals surface area contributed by atoms with Crippen molar-refractivity contribution in [3.63, 3.8) is 0 Å². The zero-order valence-electron chi connectivity index (χ0n) is 8.07. The van der Waals surface area contributed by atoms with Crippen LogP contribution in [-0.2, 0) is 16.0 Å². The molecule has 0 aliphatic carbocycles. The zero-order valence-corrected chi connectivity index (χ0v) is 8.07. The van der Waals surface area contributed by atoms with Gasteiger partial charge in [-0.3, -0.25) is 4.79 Å². The Kier molecular flexibility index (Phi) is 3.97. The summed E-state index contributed by atoms with van der Waals surface area (Å²) in [6.07, 6.45) is 1.07. The number of carbonyl (C=O) groups excluding carboxylic acids is 1. The minimum absolute atomic E-state index is 0.0205. The van der Waals surface area contributed by atoms with Crippen LogP contribution in [0.15, 0.2) is 24.3 Å². The van der Waals surface area contributed by atoms with Crippen LogP contribution in [0.4, 0.5) is 4.39 Å². The average molecular weight is 210 g/mol. The van der Waals surface area contributed by atoms with E-state index in [1.54, 1.807) is 12.1 Å². The maximum absolute atomic E-state index is 12.5. The third-order valence-corrected chi connectivity index (χ3v) is 2.02. The minimum atomic E-state index is -1.39. The molecule has 1 rings (SSSR count). The maximum atomic E-state index is 12.5. The molecule has 1 aromatic carbocycles. The van der Waals surface area contributed by atoms with Gasteiger partial charge in [0.05, 0.1) is 0 Å². The molecular weight excluding hydrogens is 199 g/mol. The number of Topliss-reactive ketones (excluding diaryl/α,β-unsaturated/α-hetero) is 1. The van der Waals surface area contributed by atoms with Crippen molar-refractivity contribution in [2.24, 2.45) is 0 Å². The highest BCUT2D eigenvalue weighted by Crippen LogP contribution is 2.07. The van der Waals surface area contributed by atoms with Gasteiger partial charge in [0.1, 0.15) is 5.82 Å². The van der Waals surface area contributed by atoms with E-state index >= 15 is 0 Å². The lowest BCUT2D eigenvalue weighted by molar-refractivity contribution is -0.149. The van der Waals surface area contributed by atoms with Crippen molar-refractivity contribution in [2.75, 3.05) is 0 Å². The molecule has 3 nitrogen and oxygen atoms in total. The second-order valence-electron chi connectivity index (χ2n) is 3.21. The van der Waals surface area contributed by atoms with Gasteiger partial charge in [0, 0.05) is 6.42 Å². The van der Waals surface area contributed by atoms with E-state index in [9.17, 15) is 14.0 Å². The van der Waals surface area contributed by atoms with Crippen LogP contribution in [0.3, 0.4) is 0 Å². The molecule has 1 aromatic rings. The molecule has 0 spiro atoms. The number of benzene rings is 1. The predicted molar refractivity (Wildman–Crippen MR) is 52.0 cm³/mol. The van der Waals surface area contributed by atoms with Crippen molar-refractivity contribution < 1.29 is 19.1 Å². The van der Waals surface area contributed by atoms with Crippen LogP contribution in [0.1, 0.15) is 18.4 Å². The molecular formula is C11H11FO3. The molecule has 80 valence electrons. The van der Waals surface area contributed by atoms with Gasteiger partial charge in [0.25, 0.3) is 0 Å². The minimum Gasteiger partial charge on any atom is -0.476 e. The molecule has 0 saturated heterocycles. The fourth-order valence-electron chi connectivity index (χ4n) is 1.21. The molecule has 0 fully saturated rings. The summed E-state index contributed by atoms with van der Waals surface area (Å²) in [6.45, 7) is 0. The number of ketones is 1. The standard InChI is InChI=1S/C11H11FO3/c12-9-6-4-8(5-7-9)2-1-3-10(13)11(14)15/h4-7H,1-3H2,(H,14,15). The molecule has 0 amide bonds. The number of hydrogen-bond donors (Lipinski definition) is 1. The summed E-state index contributed by atoms with van der Waals surface area (Å²) < 4.78 is 12.5. The number of carboxylic acids is 1. The van der Waals surface area contributed by atoms with Gasteiger partial charge < -0.3 is 5.11 Å². The summed E-state index contributed by atoms with van der Waals surface area (Å²) >= 11 is 0. The number of hydrogen-bond acceptors (Lipinski definition) is 2. The Morgan fingerprint density at radius 3 is 2.33 bits per heavy atom. The molecule has 0 radical (unpaired) electrons. The molecule has 0 aliphatic heterocycles. The van der Waals surface area contributed by atoms with Crippen molar-refractivity contribution in [1.82, 2.24) is 0 Å². The van der Waals surface area contributed by atoms with Gasteiger partial charge in [-0.1, -0.05) is 12.1 Å². The normalized spacial score (nSPS) is 9.93. The first-order valence-electron chi connectivity index (χ1n) is 4.60. The number of carboxylic acid groups (broad SMARTS) is 1. The monoisotopic (exact) mass is 210 g/mol. The highest BCUT2D eigenvalue weighted by molar-refractivity contribution is 6.32. The molecule has 0 aliphatic rings. The van der Waals surface area contributed by atoms with Crippen LogP contribution in [0.25, 0.3) is 0 Å². The summed E-state index contributed by atoms with van der Waals surface area (Å²) in [6, 6.07) is 5.93. The third-order valence-electron chi connectivity index (χ3n) is 2.02. The Morgan fingerprint density at radius 2 is 1.80 bits per heavy atom. The number of aryl methyl sites for hydroxylation is 1. The van der Waals surface area contributed by atoms with E-state index in [2.05, 4.69) is 0 Å². The summed E-state index contributed by atoms with van der Waals surface area (Å²) in [5.41, 5.74) is 0.898. The summed E-state index contributed by atoms with van der Waals surface area (Å²) in [5, 5.41) is 8.32. The Bertz CT molecular complexity index is 357. The molecule has 0 aromatic heterocycles. The zero-order chi connectivity index (χ0) is 11.3. The maximum Gasteiger partial charge on any atom is 0.372 e. The number of carbonyl (C=O) groups is 2. The molecule has 0 saturated carbocycles. The highest BCUT2D eigenvalue weighted by Gasteiger charge is 2.09. The van der Waals surface area contributed by atoms with Crippen LogP contribution >= 0.6 is 0 Å². The van der Waals surface area contributed by atoms with Crippen molar-refractivity contribution >= 4 is 11.8 Å². The molecule has 0 heterocycles. The van der Waals surface area contributed by atoms with Gasteiger partial charge >= 0.3 is 5.97 Å².